The van der Waals surface area contributed by atoms with Gasteiger partial charge in [-0.25, -0.2) is 4.39 Å². The highest BCUT2D eigenvalue weighted by molar-refractivity contribution is 5.75. The lowest BCUT2D eigenvalue weighted by molar-refractivity contribution is -0.140. The molecule has 0 heterocycles. The third-order valence-electron chi connectivity index (χ3n) is 8.27. The van der Waals surface area contributed by atoms with Crippen molar-refractivity contribution >= 4 is 5.97 Å². The summed E-state index contributed by atoms with van der Waals surface area (Å²) >= 11 is 0. The first-order valence-electron chi connectivity index (χ1n) is 12.3. The molecule has 3 aliphatic carbocycles. The van der Waals surface area contributed by atoms with Crippen molar-refractivity contribution in [1.82, 2.24) is 0 Å². The van der Waals surface area contributed by atoms with Crippen LogP contribution in [0.15, 0.2) is 30.4 Å². The van der Waals surface area contributed by atoms with E-state index in [1.54, 1.807) is 6.07 Å². The summed E-state index contributed by atoms with van der Waals surface area (Å²) in [4.78, 5) is 12.6. The van der Waals surface area contributed by atoms with Gasteiger partial charge in [0.05, 0.1) is 13.0 Å². The van der Waals surface area contributed by atoms with Crippen molar-refractivity contribution < 1.29 is 18.7 Å². The van der Waals surface area contributed by atoms with Gasteiger partial charge in [0.2, 0.25) is 0 Å². The van der Waals surface area contributed by atoms with Gasteiger partial charge in [0, 0.05) is 6.07 Å². The van der Waals surface area contributed by atoms with Crippen LogP contribution in [0.5, 0.6) is 11.5 Å². The zero-order valence-electron chi connectivity index (χ0n) is 19.0. The van der Waals surface area contributed by atoms with E-state index in [4.69, 9.17) is 9.47 Å². The summed E-state index contributed by atoms with van der Waals surface area (Å²) < 4.78 is 24.3. The molecule has 0 aromatic heterocycles. The quantitative estimate of drug-likeness (QED) is 0.289. The molecule has 31 heavy (non-hydrogen) atoms. The molecule has 4 unspecified atom stereocenters. The molecule has 1 aromatic carbocycles. The second-order valence-corrected chi connectivity index (χ2v) is 10.0. The minimum Gasteiger partial charge on any atom is -0.494 e. The number of fused-ring (bicyclic) bond motifs is 1. The fraction of sp³-hybridized carbons (Fsp3) is 0.667. The Hall–Kier alpha value is -1.84. The molecule has 4 heteroatoms. The molecule has 0 amide bonds. The van der Waals surface area contributed by atoms with Gasteiger partial charge in [0.1, 0.15) is 5.75 Å². The number of carbonyl (C=O) groups excluding carboxylic acids is 1. The lowest BCUT2D eigenvalue weighted by atomic mass is 9.61. The highest BCUT2D eigenvalue weighted by Gasteiger charge is 2.39. The highest BCUT2D eigenvalue weighted by atomic mass is 19.1. The zero-order valence-corrected chi connectivity index (χ0v) is 19.0. The Morgan fingerprint density at radius 2 is 1.58 bits per heavy atom. The molecule has 0 bridgehead atoms. The third-order valence-corrected chi connectivity index (χ3v) is 8.27. The van der Waals surface area contributed by atoms with E-state index >= 15 is 0 Å². The molecule has 0 N–H and O–H groups in total. The van der Waals surface area contributed by atoms with Crippen molar-refractivity contribution in [2.24, 2.45) is 35.5 Å². The van der Waals surface area contributed by atoms with Crippen LogP contribution in [-0.2, 0) is 4.79 Å². The molecule has 1 aromatic rings. The van der Waals surface area contributed by atoms with Crippen LogP contribution in [-0.4, -0.2) is 13.1 Å². The summed E-state index contributed by atoms with van der Waals surface area (Å²) in [5.41, 5.74) is 0. The van der Waals surface area contributed by atoms with Crippen molar-refractivity contribution in [3.63, 3.8) is 0 Å². The summed E-state index contributed by atoms with van der Waals surface area (Å²) in [5.74, 6) is 3.90. The number of halogens is 1. The van der Waals surface area contributed by atoms with Crippen molar-refractivity contribution in [2.45, 2.75) is 71.1 Å². The van der Waals surface area contributed by atoms with Gasteiger partial charge in [0.15, 0.2) is 11.6 Å². The fourth-order valence-electron chi connectivity index (χ4n) is 6.57. The number of benzene rings is 1. The van der Waals surface area contributed by atoms with E-state index in [0.717, 1.165) is 55.3 Å². The molecule has 3 nitrogen and oxygen atoms in total. The van der Waals surface area contributed by atoms with Crippen LogP contribution >= 0.6 is 0 Å². The Labute approximate surface area is 186 Å². The van der Waals surface area contributed by atoms with Crippen molar-refractivity contribution in [1.29, 1.82) is 0 Å². The number of ether oxygens (including phenoxy) is 2. The van der Waals surface area contributed by atoms with Crippen LogP contribution in [0.4, 0.5) is 4.39 Å². The van der Waals surface area contributed by atoms with Gasteiger partial charge in [-0.2, -0.15) is 0 Å². The highest BCUT2D eigenvalue weighted by Crippen LogP contribution is 2.49. The Morgan fingerprint density at radius 1 is 0.935 bits per heavy atom. The third kappa shape index (κ3) is 5.32. The van der Waals surface area contributed by atoms with Gasteiger partial charge >= 0.3 is 5.97 Å². The van der Waals surface area contributed by atoms with Gasteiger partial charge in [-0.3, -0.25) is 4.79 Å². The van der Waals surface area contributed by atoms with Crippen LogP contribution in [0.1, 0.15) is 71.1 Å². The lowest BCUT2D eigenvalue weighted by Gasteiger charge is -2.45. The minimum absolute atomic E-state index is 0.0611. The van der Waals surface area contributed by atoms with Crippen molar-refractivity contribution in [3.05, 3.63) is 36.2 Å². The number of allylic oxidation sites excluding steroid dienone is 2. The normalized spacial score (nSPS) is 33.6. The van der Waals surface area contributed by atoms with E-state index < -0.39 is 5.82 Å². The number of methoxy groups -OCH3 is 1. The maximum absolute atomic E-state index is 13.9. The fourth-order valence-corrected chi connectivity index (χ4v) is 6.57. The Bertz CT molecular complexity index is 781. The van der Waals surface area contributed by atoms with E-state index in [9.17, 15) is 9.18 Å². The molecule has 170 valence electrons. The first-order chi connectivity index (χ1) is 15.1. The van der Waals surface area contributed by atoms with Crippen molar-refractivity contribution in [2.75, 3.05) is 7.11 Å². The Morgan fingerprint density at radius 3 is 2.26 bits per heavy atom. The average molecular weight is 429 g/mol. The molecule has 0 saturated heterocycles. The smallest absolute Gasteiger partial charge is 0.314 e. The Kier molecular flexibility index (Phi) is 7.35. The molecule has 3 aliphatic rings. The molecular formula is C27H37FO3. The summed E-state index contributed by atoms with van der Waals surface area (Å²) in [6.45, 7) is 2.14. The number of rotatable bonds is 5. The Balaban J connectivity index is 1.24. The van der Waals surface area contributed by atoms with Gasteiger partial charge in [-0.1, -0.05) is 12.2 Å². The largest absolute Gasteiger partial charge is 0.494 e. The zero-order chi connectivity index (χ0) is 21.8. The van der Waals surface area contributed by atoms with E-state index in [-0.39, 0.29) is 23.4 Å². The van der Waals surface area contributed by atoms with Crippen molar-refractivity contribution in [3.8, 4) is 11.5 Å². The van der Waals surface area contributed by atoms with E-state index in [0.29, 0.717) is 0 Å². The monoisotopic (exact) mass is 428 g/mol. The summed E-state index contributed by atoms with van der Waals surface area (Å²) in [6, 6.07) is 4.32. The number of hydrogen-bond donors (Lipinski definition) is 0. The standard InChI is InChI=1S/C27H37FO3/c1-3-4-18-5-6-23-16-22(12-11-21(23)15-18)19-7-9-20(10-8-19)27(29)31-24-13-14-26(30-2)25(28)17-24/h3-4,13-14,17-23H,5-12,15-16H2,1-2H3/b4-3+. The maximum atomic E-state index is 13.9. The van der Waals surface area contributed by atoms with Gasteiger partial charge in [0.25, 0.3) is 0 Å². The average Bonchev–Trinajstić information content (AvgIpc) is 2.79. The lowest BCUT2D eigenvalue weighted by Crippen LogP contribution is -2.35. The SMILES string of the molecule is C/C=C/C1CCC2CC(C3CCC(C(=O)Oc4ccc(OC)c(F)c4)CC3)CCC2C1. The number of hydrogen-bond acceptors (Lipinski definition) is 3. The van der Waals surface area contributed by atoms with E-state index in [2.05, 4.69) is 19.1 Å². The number of esters is 1. The predicted molar refractivity (Wildman–Crippen MR) is 121 cm³/mol. The summed E-state index contributed by atoms with van der Waals surface area (Å²) in [5, 5.41) is 0. The molecule has 3 fully saturated rings. The van der Waals surface area contributed by atoms with Crippen LogP contribution in [0.25, 0.3) is 0 Å². The first kappa shape index (κ1) is 22.4. The van der Waals surface area contributed by atoms with Gasteiger partial charge < -0.3 is 9.47 Å². The summed E-state index contributed by atoms with van der Waals surface area (Å²) in [7, 11) is 1.42. The summed E-state index contributed by atoms with van der Waals surface area (Å²) in [6.07, 6.45) is 17.0. The van der Waals surface area contributed by atoms with Crippen LogP contribution in [0, 0.1) is 41.3 Å². The van der Waals surface area contributed by atoms with E-state index in [1.807, 2.05) is 0 Å². The minimum atomic E-state index is -0.508. The van der Waals surface area contributed by atoms with Gasteiger partial charge in [-0.05, 0) is 113 Å². The number of carbonyl (C=O) groups is 1. The second kappa shape index (κ2) is 10.2. The van der Waals surface area contributed by atoms with Crippen LogP contribution < -0.4 is 9.47 Å². The van der Waals surface area contributed by atoms with Crippen LogP contribution in [0.2, 0.25) is 0 Å². The second-order valence-electron chi connectivity index (χ2n) is 10.0. The molecule has 0 spiro atoms. The van der Waals surface area contributed by atoms with Crippen LogP contribution in [0.3, 0.4) is 0 Å². The molecular weight excluding hydrogens is 391 g/mol. The molecule has 4 atom stereocenters. The first-order valence-corrected chi connectivity index (χ1v) is 12.3. The predicted octanol–water partition coefficient (Wildman–Crippen LogP) is 6.95. The molecule has 0 aliphatic heterocycles. The van der Waals surface area contributed by atoms with E-state index in [1.165, 1.54) is 57.8 Å². The van der Waals surface area contributed by atoms with Gasteiger partial charge in [-0.15, -0.1) is 0 Å². The molecule has 3 saturated carbocycles. The molecule has 4 rings (SSSR count). The topological polar surface area (TPSA) is 35.5 Å². The molecule has 0 radical (unpaired) electrons. The maximum Gasteiger partial charge on any atom is 0.314 e.